The van der Waals surface area contributed by atoms with Gasteiger partial charge in [0.05, 0.1) is 23.8 Å². The van der Waals surface area contributed by atoms with E-state index in [9.17, 15) is 23.2 Å². The maximum absolute atomic E-state index is 13.9. The number of pyridine rings is 1. The van der Waals surface area contributed by atoms with E-state index in [2.05, 4.69) is 26.5 Å². The van der Waals surface area contributed by atoms with E-state index in [-0.39, 0.29) is 55.3 Å². The highest BCUT2D eigenvalue weighted by atomic mass is 19.3. The first-order chi connectivity index (χ1) is 26.9. The minimum atomic E-state index is -2.64. The van der Waals surface area contributed by atoms with E-state index >= 15 is 0 Å². The lowest BCUT2D eigenvalue weighted by molar-refractivity contribution is -0.124. The summed E-state index contributed by atoms with van der Waals surface area (Å²) < 4.78 is 39.1. The Kier molecular flexibility index (Phi) is 15.3. The van der Waals surface area contributed by atoms with Crippen LogP contribution in [-0.4, -0.2) is 107 Å². The van der Waals surface area contributed by atoms with Crippen LogP contribution < -0.4 is 10.6 Å². The van der Waals surface area contributed by atoms with Crippen molar-refractivity contribution in [1.29, 1.82) is 0 Å². The molecule has 1 aromatic heterocycles. The molecule has 2 fully saturated rings. The SMILES string of the molecule is CC(C)(C)OC(=O)NCCCCN(CC1CN(C[C@H](NC(=O)CC2CCC(F)(F)CC2)c2ccccc2)CCN1C(=O)OC(C)(C)C)[C@H]1CCCc2cccnc21. The van der Waals surface area contributed by atoms with E-state index in [1.807, 2.05) is 89.0 Å². The van der Waals surface area contributed by atoms with Crippen molar-refractivity contribution in [3.05, 3.63) is 65.5 Å². The van der Waals surface area contributed by atoms with Gasteiger partial charge < -0.3 is 25.0 Å². The van der Waals surface area contributed by atoms with Gasteiger partial charge in [0.1, 0.15) is 11.2 Å². The van der Waals surface area contributed by atoms with E-state index in [0.29, 0.717) is 52.1 Å². The second-order valence-corrected chi connectivity index (χ2v) is 18.2. The molecule has 3 atom stereocenters. The summed E-state index contributed by atoms with van der Waals surface area (Å²) in [5.74, 6) is -2.82. The van der Waals surface area contributed by atoms with E-state index in [4.69, 9.17) is 14.5 Å². The van der Waals surface area contributed by atoms with Crippen LogP contribution in [-0.2, 0) is 20.7 Å². The Morgan fingerprint density at radius 3 is 2.37 bits per heavy atom. The van der Waals surface area contributed by atoms with Gasteiger partial charge in [-0.2, -0.15) is 0 Å². The Labute approximate surface area is 338 Å². The van der Waals surface area contributed by atoms with Gasteiger partial charge in [0.15, 0.2) is 0 Å². The number of alkyl halides is 2. The number of alkyl carbamates (subject to hydrolysis) is 1. The van der Waals surface area contributed by atoms with Gasteiger partial charge in [-0.15, -0.1) is 0 Å². The summed E-state index contributed by atoms with van der Waals surface area (Å²) in [7, 11) is 0. The average Bonchev–Trinajstić information content (AvgIpc) is 3.13. The minimum absolute atomic E-state index is 0.0544. The number of nitrogens with zero attached hydrogens (tertiary/aromatic N) is 4. The highest BCUT2D eigenvalue weighted by Gasteiger charge is 2.39. The van der Waals surface area contributed by atoms with Gasteiger partial charge >= 0.3 is 12.2 Å². The molecule has 57 heavy (non-hydrogen) atoms. The van der Waals surface area contributed by atoms with Crippen LogP contribution in [0.25, 0.3) is 0 Å². The third-order valence-corrected chi connectivity index (χ3v) is 11.1. The van der Waals surface area contributed by atoms with Crippen molar-refractivity contribution in [2.45, 2.75) is 141 Å². The van der Waals surface area contributed by atoms with Gasteiger partial charge in [-0.25, -0.2) is 18.4 Å². The van der Waals surface area contributed by atoms with Gasteiger partial charge in [-0.05, 0) is 116 Å². The zero-order chi connectivity index (χ0) is 41.2. The van der Waals surface area contributed by atoms with Crippen molar-refractivity contribution in [3.63, 3.8) is 0 Å². The summed E-state index contributed by atoms with van der Waals surface area (Å²) in [6.45, 7) is 15.1. The van der Waals surface area contributed by atoms with Crippen LogP contribution >= 0.6 is 0 Å². The summed E-state index contributed by atoms with van der Waals surface area (Å²) >= 11 is 0. The second-order valence-electron chi connectivity index (χ2n) is 18.2. The highest BCUT2D eigenvalue weighted by molar-refractivity contribution is 5.76. The Balaban J connectivity index is 1.33. The Hall–Kier alpha value is -3.84. The molecule has 1 unspecified atom stereocenters. The lowest BCUT2D eigenvalue weighted by Crippen LogP contribution is -2.60. The van der Waals surface area contributed by atoms with Gasteiger partial charge in [0, 0.05) is 64.7 Å². The van der Waals surface area contributed by atoms with Crippen LogP contribution in [0, 0.1) is 5.92 Å². The van der Waals surface area contributed by atoms with Gasteiger partial charge in [0.2, 0.25) is 11.8 Å². The zero-order valence-corrected chi connectivity index (χ0v) is 35.0. The number of piperazine rings is 1. The highest BCUT2D eigenvalue weighted by Crippen LogP contribution is 2.38. The molecule has 0 radical (unpaired) electrons. The molecule has 1 aromatic carbocycles. The first-order valence-electron chi connectivity index (χ1n) is 21.0. The van der Waals surface area contributed by atoms with Crippen LogP contribution in [0.3, 0.4) is 0 Å². The summed E-state index contributed by atoms with van der Waals surface area (Å²) in [5, 5.41) is 6.14. The molecule has 0 spiro atoms. The maximum atomic E-state index is 13.9. The molecule has 316 valence electrons. The number of benzene rings is 1. The number of halogens is 2. The lowest BCUT2D eigenvalue weighted by Gasteiger charge is -2.46. The molecule has 5 rings (SSSR count). The molecule has 13 heteroatoms. The zero-order valence-electron chi connectivity index (χ0n) is 35.0. The Morgan fingerprint density at radius 2 is 1.67 bits per heavy atom. The topological polar surface area (TPSA) is 116 Å². The van der Waals surface area contributed by atoms with E-state index < -0.39 is 23.2 Å². The summed E-state index contributed by atoms with van der Waals surface area (Å²) in [4.78, 5) is 51.2. The van der Waals surface area contributed by atoms with Crippen molar-refractivity contribution in [2.24, 2.45) is 5.92 Å². The fourth-order valence-corrected chi connectivity index (χ4v) is 8.33. The van der Waals surface area contributed by atoms with Crippen molar-refractivity contribution >= 4 is 18.1 Å². The van der Waals surface area contributed by atoms with E-state index in [0.717, 1.165) is 49.9 Å². The van der Waals surface area contributed by atoms with Crippen molar-refractivity contribution in [2.75, 3.05) is 45.8 Å². The lowest BCUT2D eigenvalue weighted by atomic mass is 9.84. The largest absolute Gasteiger partial charge is 0.444 e. The number of amides is 3. The number of carbonyl (C=O) groups excluding carboxylic acids is 3. The number of fused-ring (bicyclic) bond motifs is 1. The molecule has 2 heterocycles. The molecule has 1 saturated carbocycles. The van der Waals surface area contributed by atoms with Crippen LogP contribution in [0.1, 0.15) is 128 Å². The number of unbranched alkanes of at least 4 members (excludes halogenated alkanes) is 1. The number of hydrogen-bond acceptors (Lipinski definition) is 8. The molecule has 11 nitrogen and oxygen atoms in total. The summed E-state index contributed by atoms with van der Waals surface area (Å²) in [6.07, 6.45) is 6.22. The molecule has 2 aliphatic carbocycles. The number of aromatic nitrogens is 1. The molecule has 3 amide bonds. The number of rotatable bonds is 14. The monoisotopic (exact) mass is 797 g/mol. The number of carbonyl (C=O) groups is 3. The molecule has 1 saturated heterocycles. The van der Waals surface area contributed by atoms with Crippen LogP contribution in [0.2, 0.25) is 0 Å². The number of nitrogens with one attached hydrogen (secondary N) is 2. The molecular weight excluding hydrogens is 731 g/mol. The quantitative estimate of drug-likeness (QED) is 0.185. The smallest absolute Gasteiger partial charge is 0.410 e. The predicted octanol–water partition coefficient (Wildman–Crippen LogP) is 8.06. The first kappa shape index (κ1) is 44.3. The molecule has 2 aromatic rings. The first-order valence-corrected chi connectivity index (χ1v) is 21.0. The number of hydrogen-bond donors (Lipinski definition) is 2. The van der Waals surface area contributed by atoms with Gasteiger partial charge in [0.25, 0.3) is 0 Å². The molecule has 1 aliphatic heterocycles. The normalized spacial score (nSPS) is 21.0. The molecule has 0 bridgehead atoms. The van der Waals surface area contributed by atoms with Gasteiger partial charge in [-0.1, -0.05) is 36.4 Å². The van der Waals surface area contributed by atoms with Crippen molar-refractivity contribution in [1.82, 2.24) is 30.3 Å². The summed E-state index contributed by atoms with van der Waals surface area (Å²) in [6, 6.07) is 13.6. The van der Waals surface area contributed by atoms with E-state index in [1.54, 1.807) is 0 Å². The van der Waals surface area contributed by atoms with Crippen molar-refractivity contribution in [3.8, 4) is 0 Å². The summed E-state index contributed by atoms with van der Waals surface area (Å²) in [5.41, 5.74) is 2.07. The number of aryl methyl sites for hydroxylation is 1. The number of ether oxygens (including phenoxy) is 2. The fourth-order valence-electron chi connectivity index (χ4n) is 8.33. The van der Waals surface area contributed by atoms with Gasteiger partial charge in [-0.3, -0.25) is 19.6 Å². The average molecular weight is 797 g/mol. The molecule has 3 aliphatic rings. The molecule has 2 N–H and O–H groups in total. The Bertz CT molecular complexity index is 1610. The fraction of sp³-hybridized carbons (Fsp3) is 0.682. The standard InChI is InChI=1S/C44H66F2N6O5/c1-42(2,3)56-40(54)48-23-10-11-25-51(37-18-12-16-34-17-13-24-47-39(34)37)30-35-29-50(26-27-52(35)41(55)57-43(4,5)6)31-36(33-14-8-7-9-15-33)49-38(53)28-32-19-21-44(45,46)22-20-32/h7-9,13-15,17,24,32,35-37H,10-12,16,18-23,25-31H2,1-6H3,(H,48,54)(H,49,53)/t35?,36-,37-/m0/s1. The maximum Gasteiger partial charge on any atom is 0.410 e. The second kappa shape index (κ2) is 19.7. The van der Waals surface area contributed by atoms with Crippen LogP contribution in [0.5, 0.6) is 0 Å². The van der Waals surface area contributed by atoms with Crippen LogP contribution in [0.15, 0.2) is 48.7 Å². The van der Waals surface area contributed by atoms with Crippen molar-refractivity contribution < 1.29 is 32.6 Å². The van der Waals surface area contributed by atoms with E-state index in [1.165, 1.54) is 5.56 Å². The third kappa shape index (κ3) is 14.2. The Morgan fingerprint density at radius 1 is 0.947 bits per heavy atom. The predicted molar refractivity (Wildman–Crippen MR) is 217 cm³/mol. The third-order valence-electron chi connectivity index (χ3n) is 11.1. The minimum Gasteiger partial charge on any atom is -0.444 e. The molecular formula is C44H66F2N6O5. The van der Waals surface area contributed by atoms with Crippen LogP contribution in [0.4, 0.5) is 18.4 Å².